The van der Waals surface area contributed by atoms with Crippen molar-refractivity contribution in [1.29, 1.82) is 0 Å². The fourth-order valence-electron chi connectivity index (χ4n) is 3.25. The molecular formula is C21H31ClN2O3. The van der Waals surface area contributed by atoms with Crippen LogP contribution in [0.3, 0.4) is 0 Å². The van der Waals surface area contributed by atoms with E-state index >= 15 is 0 Å². The lowest BCUT2D eigenvalue weighted by Crippen LogP contribution is -2.49. The van der Waals surface area contributed by atoms with E-state index in [4.69, 9.17) is 16.3 Å². The Labute approximate surface area is 167 Å². The molecule has 2 amide bonds. The lowest BCUT2D eigenvalue weighted by molar-refractivity contribution is -0.139. The van der Waals surface area contributed by atoms with Gasteiger partial charge in [-0.3, -0.25) is 4.79 Å². The molecule has 0 saturated carbocycles. The molecule has 0 aromatic heterocycles. The first-order valence-corrected chi connectivity index (χ1v) is 9.97. The van der Waals surface area contributed by atoms with E-state index in [1.54, 1.807) is 4.90 Å². The highest BCUT2D eigenvalue weighted by atomic mass is 35.5. The molecule has 1 aromatic carbocycles. The van der Waals surface area contributed by atoms with Crippen LogP contribution in [0.15, 0.2) is 24.3 Å². The van der Waals surface area contributed by atoms with Crippen molar-refractivity contribution < 1.29 is 14.3 Å². The maximum atomic E-state index is 13.2. The zero-order chi connectivity index (χ0) is 20.2. The second kappa shape index (κ2) is 8.96. The van der Waals surface area contributed by atoms with Crippen molar-refractivity contribution in [2.24, 2.45) is 5.92 Å². The first kappa shape index (κ1) is 21.5. The Bertz CT molecular complexity index is 670. The van der Waals surface area contributed by atoms with Crippen molar-refractivity contribution in [3.63, 3.8) is 0 Å². The van der Waals surface area contributed by atoms with Gasteiger partial charge in [0, 0.05) is 30.7 Å². The monoisotopic (exact) mass is 394 g/mol. The van der Waals surface area contributed by atoms with E-state index in [0.717, 1.165) is 18.4 Å². The molecule has 27 heavy (non-hydrogen) atoms. The molecule has 2 rings (SSSR count). The van der Waals surface area contributed by atoms with Crippen LogP contribution < -0.4 is 0 Å². The Hall–Kier alpha value is -1.75. The van der Waals surface area contributed by atoms with Gasteiger partial charge in [0.2, 0.25) is 5.91 Å². The fourth-order valence-corrected chi connectivity index (χ4v) is 3.47. The van der Waals surface area contributed by atoms with Crippen LogP contribution in [-0.2, 0) is 16.1 Å². The third-order valence-electron chi connectivity index (χ3n) is 4.57. The van der Waals surface area contributed by atoms with Crippen molar-refractivity contribution in [1.82, 2.24) is 9.80 Å². The van der Waals surface area contributed by atoms with E-state index < -0.39 is 5.60 Å². The largest absolute Gasteiger partial charge is 0.444 e. The summed E-state index contributed by atoms with van der Waals surface area (Å²) in [4.78, 5) is 29.1. The highest BCUT2D eigenvalue weighted by Gasteiger charge is 2.33. The van der Waals surface area contributed by atoms with E-state index in [0.29, 0.717) is 24.7 Å². The molecule has 1 heterocycles. The van der Waals surface area contributed by atoms with E-state index in [1.807, 2.05) is 63.8 Å². The molecule has 0 spiro atoms. The molecule has 1 fully saturated rings. The summed E-state index contributed by atoms with van der Waals surface area (Å²) in [5.74, 6) is -0.119. The molecule has 0 aliphatic carbocycles. The molecule has 0 N–H and O–H groups in total. The first-order valence-electron chi connectivity index (χ1n) is 9.59. The smallest absolute Gasteiger partial charge is 0.410 e. The van der Waals surface area contributed by atoms with Crippen LogP contribution in [0.4, 0.5) is 4.79 Å². The number of benzene rings is 1. The van der Waals surface area contributed by atoms with Crippen molar-refractivity contribution in [2.45, 2.75) is 65.6 Å². The summed E-state index contributed by atoms with van der Waals surface area (Å²) in [5.41, 5.74) is 0.467. The minimum Gasteiger partial charge on any atom is -0.444 e. The van der Waals surface area contributed by atoms with Crippen molar-refractivity contribution in [3.8, 4) is 0 Å². The maximum absolute atomic E-state index is 13.2. The number of hydrogen-bond acceptors (Lipinski definition) is 3. The van der Waals surface area contributed by atoms with E-state index in [9.17, 15) is 9.59 Å². The lowest BCUT2D eigenvalue weighted by atomic mass is 9.96. The molecule has 0 radical (unpaired) electrons. The zero-order valence-electron chi connectivity index (χ0n) is 17.0. The molecule has 1 aliphatic heterocycles. The number of nitrogens with zero attached hydrogens (tertiary/aromatic N) is 2. The molecule has 1 saturated heterocycles. The van der Waals surface area contributed by atoms with Gasteiger partial charge in [0.05, 0.1) is 5.92 Å². The minimum atomic E-state index is -0.537. The Morgan fingerprint density at radius 1 is 1.33 bits per heavy atom. The van der Waals surface area contributed by atoms with Gasteiger partial charge in [0.25, 0.3) is 0 Å². The summed E-state index contributed by atoms with van der Waals surface area (Å²) in [6.07, 6.45) is 1.25. The Morgan fingerprint density at radius 3 is 2.63 bits per heavy atom. The number of ether oxygens (including phenoxy) is 1. The third-order valence-corrected chi connectivity index (χ3v) is 4.81. The third kappa shape index (κ3) is 6.42. The van der Waals surface area contributed by atoms with Crippen molar-refractivity contribution >= 4 is 23.6 Å². The molecule has 1 aliphatic rings. The number of amides is 2. The zero-order valence-corrected chi connectivity index (χ0v) is 17.8. The summed E-state index contributed by atoms with van der Waals surface area (Å²) in [5, 5.41) is 0.664. The maximum Gasteiger partial charge on any atom is 0.410 e. The molecule has 1 atom stereocenters. The normalized spacial score (nSPS) is 17.7. The molecule has 1 unspecified atom stereocenters. The molecule has 6 heteroatoms. The predicted molar refractivity (Wildman–Crippen MR) is 108 cm³/mol. The van der Waals surface area contributed by atoms with Crippen LogP contribution in [0.25, 0.3) is 0 Å². The highest BCUT2D eigenvalue weighted by Crippen LogP contribution is 2.23. The van der Waals surface area contributed by atoms with Gasteiger partial charge in [-0.2, -0.15) is 0 Å². The van der Waals surface area contributed by atoms with Crippen LogP contribution in [0.1, 0.15) is 53.0 Å². The van der Waals surface area contributed by atoms with E-state index in [-0.39, 0.29) is 24.0 Å². The van der Waals surface area contributed by atoms with Gasteiger partial charge in [-0.1, -0.05) is 23.7 Å². The van der Waals surface area contributed by atoms with Crippen LogP contribution in [0, 0.1) is 5.92 Å². The molecule has 1 aromatic rings. The van der Waals surface area contributed by atoms with Crippen LogP contribution in [-0.4, -0.2) is 46.5 Å². The Kier molecular flexibility index (Phi) is 7.15. The second-order valence-corrected chi connectivity index (χ2v) is 8.89. The van der Waals surface area contributed by atoms with Gasteiger partial charge in [0.15, 0.2) is 0 Å². The molecule has 0 bridgehead atoms. The summed E-state index contributed by atoms with van der Waals surface area (Å²) in [7, 11) is 0. The summed E-state index contributed by atoms with van der Waals surface area (Å²) in [6, 6.07) is 7.65. The van der Waals surface area contributed by atoms with E-state index in [2.05, 4.69) is 0 Å². The quantitative estimate of drug-likeness (QED) is 0.742. The van der Waals surface area contributed by atoms with Crippen molar-refractivity contribution in [3.05, 3.63) is 34.9 Å². The Balaban J connectivity index is 2.07. The summed E-state index contributed by atoms with van der Waals surface area (Å²) in [6.45, 7) is 11.1. The number of piperidine rings is 1. The van der Waals surface area contributed by atoms with Gasteiger partial charge in [-0.25, -0.2) is 4.79 Å². The lowest BCUT2D eigenvalue weighted by Gasteiger charge is -2.37. The highest BCUT2D eigenvalue weighted by molar-refractivity contribution is 6.30. The summed E-state index contributed by atoms with van der Waals surface area (Å²) < 4.78 is 5.47. The first-order chi connectivity index (χ1) is 12.6. The van der Waals surface area contributed by atoms with Gasteiger partial charge in [-0.05, 0) is 65.2 Å². The van der Waals surface area contributed by atoms with Crippen LogP contribution >= 0.6 is 11.6 Å². The predicted octanol–water partition coefficient (Wildman–Crippen LogP) is 4.72. The van der Waals surface area contributed by atoms with Gasteiger partial charge in [0.1, 0.15) is 5.60 Å². The average Bonchev–Trinajstić information content (AvgIpc) is 2.57. The molecule has 150 valence electrons. The summed E-state index contributed by atoms with van der Waals surface area (Å²) >= 11 is 6.08. The number of likely N-dealkylation sites (tertiary alicyclic amines) is 1. The van der Waals surface area contributed by atoms with Crippen LogP contribution in [0.5, 0.6) is 0 Å². The van der Waals surface area contributed by atoms with Crippen LogP contribution in [0.2, 0.25) is 5.02 Å². The number of carbonyl (C=O) groups excluding carboxylic acids is 2. The SMILES string of the molecule is CC(C)N(Cc1cccc(Cl)c1)C(=O)C1CCCN(C(=O)OC(C)(C)C)C1. The Morgan fingerprint density at radius 2 is 2.04 bits per heavy atom. The minimum absolute atomic E-state index is 0.0633. The molecular weight excluding hydrogens is 364 g/mol. The number of halogens is 1. The number of hydrogen-bond donors (Lipinski definition) is 0. The van der Waals surface area contributed by atoms with Gasteiger partial charge in [-0.15, -0.1) is 0 Å². The van der Waals surface area contributed by atoms with Gasteiger partial charge < -0.3 is 14.5 Å². The number of rotatable bonds is 4. The topological polar surface area (TPSA) is 49.9 Å². The average molecular weight is 395 g/mol. The van der Waals surface area contributed by atoms with Crippen molar-refractivity contribution in [2.75, 3.05) is 13.1 Å². The standard InChI is InChI=1S/C21H31ClN2O3/c1-15(2)24(13-16-8-6-10-18(22)12-16)19(25)17-9-7-11-23(14-17)20(26)27-21(3,4)5/h6,8,10,12,15,17H,7,9,11,13-14H2,1-5H3. The fraction of sp³-hybridized carbons (Fsp3) is 0.619. The van der Waals surface area contributed by atoms with E-state index in [1.165, 1.54) is 0 Å². The second-order valence-electron chi connectivity index (χ2n) is 8.46. The van der Waals surface area contributed by atoms with Gasteiger partial charge >= 0.3 is 6.09 Å². The molecule has 5 nitrogen and oxygen atoms in total. The number of carbonyl (C=O) groups is 2.